The van der Waals surface area contributed by atoms with Crippen LogP contribution in [0.2, 0.25) is 0 Å². The number of sulfonamides is 1. The molecule has 122 valence electrons. The second kappa shape index (κ2) is 7.29. The largest absolute Gasteiger partial charge is 0.289 e. The van der Waals surface area contributed by atoms with Gasteiger partial charge in [0, 0.05) is 25.2 Å². The van der Waals surface area contributed by atoms with Gasteiger partial charge in [0.1, 0.15) is 0 Å². The molecule has 0 bridgehead atoms. The molecule has 1 aliphatic rings. The van der Waals surface area contributed by atoms with Crippen molar-refractivity contribution in [3.8, 4) is 12.3 Å². The summed E-state index contributed by atoms with van der Waals surface area (Å²) in [5.74, 6) is 2.56. The molecule has 0 fully saturated rings. The van der Waals surface area contributed by atoms with Crippen molar-refractivity contribution >= 4 is 15.7 Å². The van der Waals surface area contributed by atoms with Gasteiger partial charge in [-0.05, 0) is 31.7 Å². The van der Waals surface area contributed by atoms with E-state index in [4.69, 9.17) is 6.42 Å². The Labute approximate surface area is 136 Å². The van der Waals surface area contributed by atoms with Gasteiger partial charge in [-0.15, -0.1) is 12.3 Å². The summed E-state index contributed by atoms with van der Waals surface area (Å²) in [7, 11) is -3.93. The summed E-state index contributed by atoms with van der Waals surface area (Å²) in [6.07, 6.45) is 10.5. The number of rotatable bonds is 6. The van der Waals surface area contributed by atoms with Gasteiger partial charge in [0.25, 0.3) is 15.7 Å². The van der Waals surface area contributed by atoms with Crippen molar-refractivity contribution in [2.24, 2.45) is 0 Å². The third-order valence-corrected chi connectivity index (χ3v) is 5.48. The summed E-state index contributed by atoms with van der Waals surface area (Å²) in [5.41, 5.74) is 0.606. The molecule has 0 aromatic heterocycles. The Balaban J connectivity index is 2.31. The Morgan fingerprint density at radius 2 is 2.09 bits per heavy atom. The van der Waals surface area contributed by atoms with Crippen molar-refractivity contribution in [1.82, 2.24) is 4.31 Å². The number of para-hydroxylation sites is 1. The second-order valence-corrected chi connectivity index (χ2v) is 7.15. The number of hydrogen-bond acceptors (Lipinski definition) is 4. The number of unbranched alkanes of at least 4 members (excludes halogenated alkanes) is 1. The highest BCUT2D eigenvalue weighted by Gasteiger charge is 2.30. The SMILES string of the molecule is C#CCCCC1=CN(S(=O)(=O)c2ccccc2[N+](=O)[O-])CCC1. The van der Waals surface area contributed by atoms with E-state index in [1.165, 1.54) is 28.6 Å². The minimum atomic E-state index is -3.93. The first-order chi connectivity index (χ1) is 11.0. The van der Waals surface area contributed by atoms with Gasteiger partial charge in [0.2, 0.25) is 0 Å². The molecule has 0 radical (unpaired) electrons. The summed E-state index contributed by atoms with van der Waals surface area (Å²) >= 11 is 0. The van der Waals surface area contributed by atoms with Gasteiger partial charge in [0.15, 0.2) is 4.90 Å². The molecule has 0 saturated heterocycles. The highest BCUT2D eigenvalue weighted by molar-refractivity contribution is 7.89. The molecule has 1 aromatic carbocycles. The summed E-state index contributed by atoms with van der Waals surface area (Å²) in [6, 6.07) is 5.41. The first-order valence-electron chi connectivity index (χ1n) is 7.35. The minimum Gasteiger partial charge on any atom is -0.273 e. The maximum atomic E-state index is 12.7. The van der Waals surface area contributed by atoms with E-state index in [1.807, 2.05) is 0 Å². The Morgan fingerprint density at radius 3 is 2.78 bits per heavy atom. The smallest absolute Gasteiger partial charge is 0.273 e. The molecular weight excluding hydrogens is 316 g/mol. The molecule has 0 aliphatic carbocycles. The lowest BCUT2D eigenvalue weighted by molar-refractivity contribution is -0.387. The molecule has 0 spiro atoms. The van der Waals surface area contributed by atoms with Crippen LogP contribution in [0.15, 0.2) is 40.9 Å². The van der Waals surface area contributed by atoms with Crippen LogP contribution in [0.1, 0.15) is 32.1 Å². The van der Waals surface area contributed by atoms with Gasteiger partial charge in [0.05, 0.1) is 4.92 Å². The highest BCUT2D eigenvalue weighted by atomic mass is 32.2. The maximum absolute atomic E-state index is 12.7. The monoisotopic (exact) mass is 334 g/mol. The van der Waals surface area contributed by atoms with Crippen LogP contribution in [0.4, 0.5) is 5.69 Å². The zero-order valence-electron chi connectivity index (χ0n) is 12.6. The number of nitro benzene ring substituents is 1. The fourth-order valence-corrected chi connectivity index (χ4v) is 4.11. The van der Waals surface area contributed by atoms with Crippen molar-refractivity contribution in [3.63, 3.8) is 0 Å². The van der Waals surface area contributed by atoms with Crippen molar-refractivity contribution in [1.29, 1.82) is 0 Å². The number of terminal acetylenes is 1. The number of hydrogen-bond donors (Lipinski definition) is 0. The number of nitro groups is 1. The summed E-state index contributed by atoms with van der Waals surface area (Å²) in [4.78, 5) is 10.1. The van der Waals surface area contributed by atoms with Gasteiger partial charge in [-0.2, -0.15) is 0 Å². The van der Waals surface area contributed by atoms with Crippen LogP contribution in [0.25, 0.3) is 0 Å². The topological polar surface area (TPSA) is 80.5 Å². The van der Waals surface area contributed by atoms with E-state index in [0.717, 1.165) is 24.8 Å². The van der Waals surface area contributed by atoms with Crippen molar-refractivity contribution in [2.75, 3.05) is 6.54 Å². The fraction of sp³-hybridized carbons (Fsp3) is 0.375. The van der Waals surface area contributed by atoms with Gasteiger partial charge >= 0.3 is 0 Å². The Kier molecular flexibility index (Phi) is 5.40. The molecule has 0 unspecified atom stereocenters. The van der Waals surface area contributed by atoms with Gasteiger partial charge < -0.3 is 0 Å². The summed E-state index contributed by atoms with van der Waals surface area (Å²) in [5, 5.41) is 11.1. The van der Waals surface area contributed by atoms with Crippen LogP contribution < -0.4 is 0 Å². The molecule has 1 aliphatic heterocycles. The molecule has 0 saturated carbocycles. The molecule has 1 aromatic rings. The third-order valence-electron chi connectivity index (χ3n) is 3.67. The van der Waals surface area contributed by atoms with Crippen LogP contribution in [0, 0.1) is 22.5 Å². The summed E-state index contributed by atoms with van der Waals surface area (Å²) in [6.45, 7) is 0.326. The summed E-state index contributed by atoms with van der Waals surface area (Å²) < 4.78 is 26.7. The fourth-order valence-electron chi connectivity index (χ4n) is 2.54. The van der Waals surface area contributed by atoms with E-state index in [9.17, 15) is 18.5 Å². The second-order valence-electron chi connectivity index (χ2n) is 5.29. The molecule has 7 heteroatoms. The van der Waals surface area contributed by atoms with E-state index in [-0.39, 0.29) is 4.90 Å². The quantitative estimate of drug-likeness (QED) is 0.346. The molecule has 1 heterocycles. The van der Waals surface area contributed by atoms with Crippen molar-refractivity contribution < 1.29 is 13.3 Å². The van der Waals surface area contributed by atoms with Gasteiger partial charge in [-0.25, -0.2) is 8.42 Å². The van der Waals surface area contributed by atoms with Crippen LogP contribution in [-0.2, 0) is 10.0 Å². The Bertz CT molecular complexity index is 763. The standard InChI is InChI=1S/C16H18N2O4S/c1-2-3-4-8-14-9-7-12-17(13-14)23(21,22)16-11-6-5-10-15(16)18(19)20/h1,5-6,10-11,13H,3-4,7-9,12H2. The molecule has 0 N–H and O–H groups in total. The normalized spacial score (nSPS) is 14.9. The minimum absolute atomic E-state index is 0.272. The Morgan fingerprint density at radius 1 is 1.35 bits per heavy atom. The lowest BCUT2D eigenvalue weighted by Gasteiger charge is -2.26. The van der Waals surface area contributed by atoms with Gasteiger partial charge in [-0.3, -0.25) is 14.4 Å². The van der Waals surface area contributed by atoms with E-state index in [2.05, 4.69) is 5.92 Å². The zero-order valence-corrected chi connectivity index (χ0v) is 13.5. The van der Waals surface area contributed by atoms with Crippen LogP contribution >= 0.6 is 0 Å². The van der Waals surface area contributed by atoms with E-state index in [0.29, 0.717) is 19.4 Å². The van der Waals surface area contributed by atoms with E-state index >= 15 is 0 Å². The first-order valence-corrected chi connectivity index (χ1v) is 8.79. The average Bonchev–Trinajstić information content (AvgIpc) is 2.55. The predicted octanol–water partition coefficient (Wildman–Crippen LogP) is 3.07. The number of benzene rings is 1. The third kappa shape index (κ3) is 3.90. The molecule has 2 rings (SSSR count). The molecule has 0 atom stereocenters. The van der Waals surface area contributed by atoms with E-state index < -0.39 is 20.6 Å². The molecular formula is C16H18N2O4S. The molecule has 6 nitrogen and oxygen atoms in total. The molecule has 23 heavy (non-hydrogen) atoms. The van der Waals surface area contributed by atoms with Crippen LogP contribution in [0.5, 0.6) is 0 Å². The first kappa shape index (κ1) is 17.0. The van der Waals surface area contributed by atoms with Crippen LogP contribution in [0.3, 0.4) is 0 Å². The number of allylic oxidation sites excluding steroid dienone is 1. The van der Waals surface area contributed by atoms with Crippen molar-refractivity contribution in [2.45, 2.75) is 37.0 Å². The molecule has 0 amide bonds. The predicted molar refractivity (Wildman–Crippen MR) is 87.0 cm³/mol. The highest BCUT2D eigenvalue weighted by Crippen LogP contribution is 2.30. The maximum Gasteiger partial charge on any atom is 0.289 e. The lowest BCUT2D eigenvalue weighted by atomic mass is 10.0. The zero-order chi connectivity index (χ0) is 16.9. The number of nitrogens with zero attached hydrogens (tertiary/aromatic N) is 2. The van der Waals surface area contributed by atoms with E-state index in [1.54, 1.807) is 6.20 Å². The average molecular weight is 334 g/mol. The van der Waals surface area contributed by atoms with Gasteiger partial charge in [-0.1, -0.05) is 17.7 Å². The Hall–Kier alpha value is -2.33. The lowest BCUT2D eigenvalue weighted by Crippen LogP contribution is -2.30. The van der Waals surface area contributed by atoms with Crippen LogP contribution in [-0.4, -0.2) is 24.2 Å². The van der Waals surface area contributed by atoms with Crippen molar-refractivity contribution in [3.05, 3.63) is 46.2 Å².